The van der Waals surface area contributed by atoms with Crippen LogP contribution >= 0.6 is 0 Å². The summed E-state index contributed by atoms with van der Waals surface area (Å²) >= 11 is 0. The van der Waals surface area contributed by atoms with Gasteiger partial charge >= 0.3 is 5.97 Å². The predicted molar refractivity (Wildman–Crippen MR) is 80.9 cm³/mol. The van der Waals surface area contributed by atoms with Crippen LogP contribution in [0.3, 0.4) is 0 Å². The number of likely N-dealkylation sites (tertiary alicyclic amines) is 1. The number of carbonyl (C=O) groups excluding carboxylic acids is 1. The number of carboxylic acid groups (broad SMARTS) is 1. The molecule has 1 saturated carbocycles. The average molecular weight is 296 g/mol. The topological polar surface area (TPSA) is 69.6 Å². The van der Waals surface area contributed by atoms with E-state index in [1.54, 1.807) is 4.90 Å². The van der Waals surface area contributed by atoms with Gasteiger partial charge in [0.1, 0.15) is 0 Å². The highest BCUT2D eigenvalue weighted by molar-refractivity contribution is 5.78. The standard InChI is InChI=1S/C16H28N2O3/c1-11(2)6-15(19)18-9-13(16(20)21)7-14(10-18)17-8-12-4-3-5-12/h11-14,17H,3-10H2,1-2H3,(H,20,21). The van der Waals surface area contributed by atoms with Gasteiger partial charge in [-0.05, 0) is 37.6 Å². The molecule has 0 radical (unpaired) electrons. The summed E-state index contributed by atoms with van der Waals surface area (Å²) in [5.74, 6) is -0.0771. The van der Waals surface area contributed by atoms with Crippen LogP contribution in [0.4, 0.5) is 0 Å². The zero-order valence-corrected chi connectivity index (χ0v) is 13.2. The van der Waals surface area contributed by atoms with Gasteiger partial charge in [0.25, 0.3) is 0 Å². The lowest BCUT2D eigenvalue weighted by Gasteiger charge is -2.38. The maximum Gasteiger partial charge on any atom is 0.308 e. The van der Waals surface area contributed by atoms with Crippen LogP contribution in [0.5, 0.6) is 0 Å². The number of hydrogen-bond donors (Lipinski definition) is 2. The summed E-state index contributed by atoms with van der Waals surface area (Å²) < 4.78 is 0. The number of carboxylic acids is 1. The van der Waals surface area contributed by atoms with Crippen molar-refractivity contribution >= 4 is 11.9 Å². The Morgan fingerprint density at radius 1 is 1.29 bits per heavy atom. The highest BCUT2D eigenvalue weighted by Gasteiger charge is 2.34. The Bertz CT molecular complexity index is 380. The molecule has 1 heterocycles. The number of piperidine rings is 1. The van der Waals surface area contributed by atoms with Crippen molar-refractivity contribution in [3.63, 3.8) is 0 Å². The highest BCUT2D eigenvalue weighted by Crippen LogP contribution is 2.26. The number of nitrogens with zero attached hydrogens (tertiary/aromatic N) is 1. The Hall–Kier alpha value is -1.10. The van der Waals surface area contributed by atoms with Gasteiger partial charge < -0.3 is 15.3 Å². The first kappa shape index (κ1) is 16.3. The molecule has 2 atom stereocenters. The molecular weight excluding hydrogens is 268 g/mol. The van der Waals surface area contributed by atoms with Gasteiger partial charge in [-0.25, -0.2) is 0 Å². The van der Waals surface area contributed by atoms with E-state index in [4.69, 9.17) is 0 Å². The molecule has 0 aromatic carbocycles. The van der Waals surface area contributed by atoms with Crippen molar-refractivity contribution in [3.05, 3.63) is 0 Å². The van der Waals surface area contributed by atoms with Crippen molar-refractivity contribution in [3.8, 4) is 0 Å². The summed E-state index contributed by atoms with van der Waals surface area (Å²) in [4.78, 5) is 25.3. The summed E-state index contributed by atoms with van der Waals surface area (Å²) in [6, 6.07) is 0.122. The van der Waals surface area contributed by atoms with Crippen molar-refractivity contribution in [1.29, 1.82) is 0 Å². The predicted octanol–water partition coefficient (Wildman–Crippen LogP) is 1.72. The van der Waals surface area contributed by atoms with E-state index in [0.29, 0.717) is 31.8 Å². The minimum Gasteiger partial charge on any atom is -0.481 e. The molecule has 1 saturated heterocycles. The molecule has 1 amide bonds. The van der Waals surface area contributed by atoms with Gasteiger partial charge in [-0.2, -0.15) is 0 Å². The van der Waals surface area contributed by atoms with Crippen molar-refractivity contribution in [1.82, 2.24) is 10.2 Å². The Morgan fingerprint density at radius 2 is 2.00 bits per heavy atom. The molecule has 1 aliphatic heterocycles. The first-order valence-corrected chi connectivity index (χ1v) is 8.19. The number of hydrogen-bond acceptors (Lipinski definition) is 3. The van der Waals surface area contributed by atoms with Gasteiger partial charge in [0.2, 0.25) is 5.91 Å². The molecule has 21 heavy (non-hydrogen) atoms. The van der Waals surface area contributed by atoms with Crippen LogP contribution in [0.2, 0.25) is 0 Å². The van der Waals surface area contributed by atoms with Crippen molar-refractivity contribution < 1.29 is 14.7 Å². The number of amides is 1. The molecule has 0 bridgehead atoms. The molecule has 2 aliphatic rings. The smallest absolute Gasteiger partial charge is 0.308 e. The van der Waals surface area contributed by atoms with E-state index in [9.17, 15) is 14.7 Å². The lowest BCUT2D eigenvalue weighted by molar-refractivity contribution is -0.146. The molecule has 2 unspecified atom stereocenters. The molecule has 1 aliphatic carbocycles. The van der Waals surface area contributed by atoms with Crippen molar-refractivity contribution in [2.45, 2.75) is 52.0 Å². The second-order valence-corrected chi connectivity index (χ2v) is 7.07. The zero-order valence-electron chi connectivity index (χ0n) is 13.2. The fourth-order valence-corrected chi connectivity index (χ4v) is 3.14. The summed E-state index contributed by atoms with van der Waals surface area (Å²) in [5.41, 5.74) is 0. The molecule has 120 valence electrons. The molecule has 2 rings (SSSR count). The number of aliphatic carboxylic acids is 1. The summed E-state index contributed by atoms with van der Waals surface area (Å²) in [6.45, 7) is 6.01. The van der Waals surface area contributed by atoms with Crippen LogP contribution in [-0.4, -0.2) is 47.6 Å². The van der Waals surface area contributed by atoms with Gasteiger partial charge in [-0.15, -0.1) is 0 Å². The van der Waals surface area contributed by atoms with Crippen LogP contribution in [0.15, 0.2) is 0 Å². The first-order valence-electron chi connectivity index (χ1n) is 8.19. The molecule has 0 spiro atoms. The van der Waals surface area contributed by atoms with E-state index >= 15 is 0 Å². The zero-order chi connectivity index (χ0) is 15.4. The third kappa shape index (κ3) is 4.70. The van der Waals surface area contributed by atoms with Gasteiger partial charge in [0, 0.05) is 25.6 Å². The Labute approximate surface area is 127 Å². The Balaban J connectivity index is 1.90. The van der Waals surface area contributed by atoms with Crippen LogP contribution < -0.4 is 5.32 Å². The molecule has 2 fully saturated rings. The van der Waals surface area contributed by atoms with E-state index in [1.165, 1.54) is 19.3 Å². The Morgan fingerprint density at radius 3 is 2.52 bits per heavy atom. The maximum atomic E-state index is 12.2. The van der Waals surface area contributed by atoms with Gasteiger partial charge in [-0.1, -0.05) is 20.3 Å². The van der Waals surface area contributed by atoms with Gasteiger partial charge in [0.05, 0.1) is 5.92 Å². The monoisotopic (exact) mass is 296 g/mol. The van der Waals surface area contributed by atoms with E-state index < -0.39 is 11.9 Å². The molecule has 2 N–H and O–H groups in total. The summed E-state index contributed by atoms with van der Waals surface area (Å²) in [6.07, 6.45) is 5.00. The third-order valence-electron chi connectivity index (χ3n) is 4.66. The number of carbonyl (C=O) groups is 2. The summed E-state index contributed by atoms with van der Waals surface area (Å²) in [7, 11) is 0. The highest BCUT2D eigenvalue weighted by atomic mass is 16.4. The van der Waals surface area contributed by atoms with E-state index in [-0.39, 0.29) is 11.9 Å². The number of rotatable bonds is 6. The molecule has 0 aromatic rings. The van der Waals surface area contributed by atoms with Crippen LogP contribution in [-0.2, 0) is 9.59 Å². The van der Waals surface area contributed by atoms with E-state index in [0.717, 1.165) is 12.5 Å². The Kier molecular flexibility index (Phi) is 5.62. The van der Waals surface area contributed by atoms with Crippen LogP contribution in [0.25, 0.3) is 0 Å². The molecule has 5 nitrogen and oxygen atoms in total. The van der Waals surface area contributed by atoms with Gasteiger partial charge in [-0.3, -0.25) is 9.59 Å². The first-order chi connectivity index (χ1) is 9.95. The van der Waals surface area contributed by atoms with Crippen molar-refractivity contribution in [2.75, 3.05) is 19.6 Å². The second-order valence-electron chi connectivity index (χ2n) is 7.07. The lowest BCUT2D eigenvalue weighted by atomic mass is 9.85. The lowest BCUT2D eigenvalue weighted by Crippen LogP contribution is -2.53. The van der Waals surface area contributed by atoms with Crippen LogP contribution in [0, 0.1) is 17.8 Å². The second kappa shape index (κ2) is 7.25. The van der Waals surface area contributed by atoms with Gasteiger partial charge in [0.15, 0.2) is 0 Å². The molecule has 0 aromatic heterocycles. The average Bonchev–Trinajstić information content (AvgIpc) is 2.35. The SMILES string of the molecule is CC(C)CC(=O)N1CC(NCC2CCC2)CC(C(=O)O)C1. The van der Waals surface area contributed by atoms with Crippen molar-refractivity contribution in [2.24, 2.45) is 17.8 Å². The largest absolute Gasteiger partial charge is 0.481 e. The van der Waals surface area contributed by atoms with E-state index in [2.05, 4.69) is 5.32 Å². The summed E-state index contributed by atoms with van der Waals surface area (Å²) in [5, 5.41) is 12.8. The third-order valence-corrected chi connectivity index (χ3v) is 4.66. The minimum atomic E-state index is -0.785. The van der Waals surface area contributed by atoms with Crippen LogP contribution in [0.1, 0.15) is 46.0 Å². The fraction of sp³-hybridized carbons (Fsp3) is 0.875. The number of nitrogens with one attached hydrogen (secondary N) is 1. The molecule has 5 heteroatoms. The maximum absolute atomic E-state index is 12.2. The normalized spacial score (nSPS) is 26.7. The molecular formula is C16H28N2O3. The fourth-order valence-electron chi connectivity index (χ4n) is 3.14. The quantitative estimate of drug-likeness (QED) is 0.783. The minimum absolute atomic E-state index is 0.0893. The van der Waals surface area contributed by atoms with E-state index in [1.807, 2.05) is 13.8 Å².